The Kier molecular flexibility index (Phi) is 9.11. The molecule has 304 valence electrons. The van der Waals surface area contributed by atoms with Crippen LogP contribution in [-0.2, 0) is 18.4 Å². The zero-order valence-electron chi connectivity index (χ0n) is 35.1. The molecule has 0 bridgehead atoms. The fourth-order valence-corrected chi connectivity index (χ4v) is 9.31. The van der Waals surface area contributed by atoms with Crippen LogP contribution in [0.15, 0.2) is 100 Å². The van der Waals surface area contributed by atoms with Gasteiger partial charge < -0.3 is 34.1 Å². The van der Waals surface area contributed by atoms with Crippen molar-refractivity contribution in [3.05, 3.63) is 130 Å². The summed E-state index contributed by atoms with van der Waals surface area (Å²) in [6, 6.07) is 26.9. The van der Waals surface area contributed by atoms with Crippen LogP contribution < -0.4 is 29.6 Å². The number of nitrogens with one attached hydrogen (secondary N) is 1. The number of hydrogen-bond acceptors (Lipinski definition) is 8. The van der Waals surface area contributed by atoms with Gasteiger partial charge in [0.2, 0.25) is 11.1 Å². The van der Waals surface area contributed by atoms with Crippen molar-refractivity contribution in [2.75, 3.05) is 47.2 Å². The minimum atomic E-state index is -1.12. The van der Waals surface area contributed by atoms with Gasteiger partial charge in [-0.2, -0.15) is 0 Å². The number of anilines is 1. The number of amides is 1. The molecule has 0 aromatic heterocycles. The number of hydrogen-bond donors (Lipinski definition) is 2. The highest BCUT2D eigenvalue weighted by Gasteiger charge is 2.59. The van der Waals surface area contributed by atoms with Crippen LogP contribution in [0, 0.1) is 0 Å². The fraction of sp³-hybridized carbons (Fsp3) is 0.265. The van der Waals surface area contributed by atoms with Crippen LogP contribution >= 0.6 is 0 Å². The van der Waals surface area contributed by atoms with Gasteiger partial charge in [0.25, 0.3) is 5.91 Å². The molecule has 1 amide bonds. The summed E-state index contributed by atoms with van der Waals surface area (Å²) in [5, 5.41) is 16.7. The molecule has 2 N–H and O–H groups in total. The molecule has 1 unspecified atom stereocenters. The van der Waals surface area contributed by atoms with E-state index in [4.69, 9.17) is 18.9 Å². The summed E-state index contributed by atoms with van der Waals surface area (Å²) in [6.45, 7) is 4.49. The minimum absolute atomic E-state index is 0.0435. The number of fused-ring (bicyclic) bond motifs is 6. The highest BCUT2D eigenvalue weighted by atomic mass is 16.5. The van der Waals surface area contributed by atoms with Gasteiger partial charge in [-0.25, -0.2) is 9.37 Å². The van der Waals surface area contributed by atoms with Crippen molar-refractivity contribution in [3.63, 3.8) is 0 Å². The Morgan fingerprint density at radius 3 is 2.52 bits per heavy atom. The Labute approximate surface area is 348 Å². The molecule has 5 aliphatic rings. The van der Waals surface area contributed by atoms with E-state index >= 15 is 0 Å². The van der Waals surface area contributed by atoms with Crippen LogP contribution in [0.25, 0.3) is 39.3 Å². The fourth-order valence-electron chi connectivity index (χ4n) is 9.31. The van der Waals surface area contributed by atoms with Crippen LogP contribution in [-0.4, -0.2) is 76.2 Å². The third-order valence-electron chi connectivity index (χ3n) is 12.6. The lowest BCUT2D eigenvalue weighted by atomic mass is 9.75. The predicted octanol–water partition coefficient (Wildman–Crippen LogP) is 7.94. The van der Waals surface area contributed by atoms with E-state index in [0.717, 1.165) is 73.2 Å². The highest BCUT2D eigenvalue weighted by molar-refractivity contribution is 6.04. The number of aliphatic imine (C=N–C) groups is 1. The summed E-state index contributed by atoms with van der Waals surface area (Å²) in [5.74, 6) is 1.27. The zero-order chi connectivity index (χ0) is 42.2. The first-order valence-electron chi connectivity index (χ1n) is 20.1. The first-order chi connectivity index (χ1) is 28.7. The van der Waals surface area contributed by atoms with Crippen molar-refractivity contribution >= 4 is 46.3 Å². The third kappa shape index (κ3) is 5.93. The molecule has 0 saturated carbocycles. The topological polar surface area (TPSA) is 120 Å². The molecule has 0 saturated heterocycles. The zero-order valence-corrected chi connectivity index (χ0v) is 35.1. The average molecular weight is 803 g/mol. The molecule has 1 spiro atoms. The summed E-state index contributed by atoms with van der Waals surface area (Å²) in [4.78, 5) is 36.3. The molecule has 3 heterocycles. The first kappa shape index (κ1) is 38.6. The Bertz CT molecular complexity index is 2900. The highest BCUT2D eigenvalue weighted by Crippen LogP contribution is 2.55. The molecular formula is C49H48N5O6+. The summed E-state index contributed by atoms with van der Waals surface area (Å²) in [6.07, 6.45) is 5.39. The van der Waals surface area contributed by atoms with Crippen LogP contribution in [0.2, 0.25) is 0 Å². The molecule has 1 atom stereocenters. The molecular weight excluding hydrogens is 755 g/mol. The van der Waals surface area contributed by atoms with Crippen LogP contribution in [0.3, 0.4) is 0 Å². The average Bonchev–Trinajstić information content (AvgIpc) is 3.40. The number of methoxy groups -OCH3 is 1. The van der Waals surface area contributed by atoms with Crippen molar-refractivity contribution in [1.29, 1.82) is 0 Å². The van der Waals surface area contributed by atoms with Crippen molar-refractivity contribution in [2.24, 2.45) is 4.99 Å². The van der Waals surface area contributed by atoms with Gasteiger partial charge in [-0.15, -0.1) is 0 Å². The number of nitrogens with zero attached hydrogens (tertiary/aromatic N) is 4. The lowest BCUT2D eigenvalue weighted by Crippen LogP contribution is -2.61. The predicted molar refractivity (Wildman–Crippen MR) is 236 cm³/mol. The Balaban J connectivity index is 1.04. The van der Waals surface area contributed by atoms with E-state index in [1.54, 1.807) is 19.2 Å². The Morgan fingerprint density at radius 2 is 1.77 bits per heavy atom. The van der Waals surface area contributed by atoms with Crippen molar-refractivity contribution in [2.45, 2.75) is 44.4 Å². The molecule has 4 aromatic rings. The van der Waals surface area contributed by atoms with Gasteiger partial charge in [0, 0.05) is 78.9 Å². The number of aromatic carboxylic acids is 1. The Hall–Kier alpha value is -6.88. The van der Waals surface area contributed by atoms with E-state index in [1.807, 2.05) is 113 Å². The van der Waals surface area contributed by atoms with Gasteiger partial charge in [-0.3, -0.25) is 9.79 Å². The molecule has 0 fully saturated rings. The van der Waals surface area contributed by atoms with Gasteiger partial charge in [-0.05, 0) is 91.2 Å². The first-order valence-corrected chi connectivity index (χ1v) is 20.1. The molecule has 2 aliphatic carbocycles. The van der Waals surface area contributed by atoms with Gasteiger partial charge in [-0.1, -0.05) is 30.3 Å². The van der Waals surface area contributed by atoms with E-state index in [2.05, 4.69) is 35.0 Å². The molecule has 0 radical (unpaired) electrons. The van der Waals surface area contributed by atoms with Gasteiger partial charge in [0.1, 0.15) is 42.8 Å². The summed E-state index contributed by atoms with van der Waals surface area (Å²) >= 11 is 0. The number of ether oxygens (including phenoxy) is 2. The molecule has 4 aromatic carbocycles. The standard InChI is InChI=1S/C49H47N5O6/c1-48(2)44-30(10-9-11-39(44)54(7)49(48)27-51-45-37-25-33(58-8)17-12-28(37)14-21-40(45)60-49)26-50-46(55)29-13-18-34(38(22-29)47(56)57)43-35-19-15-31(52(3)4)23-41(35)59-42-24-32(53(5)6)16-20-36(42)43/h9-15,17-19,21-25,27H,16,20,26H2,1-8H3,(H-,50,55,56,57)/p+1. The number of carboxylic acid groups (broad SMARTS) is 1. The second-order valence-electron chi connectivity index (χ2n) is 16.7. The van der Waals surface area contributed by atoms with E-state index in [9.17, 15) is 14.7 Å². The van der Waals surface area contributed by atoms with Crippen molar-refractivity contribution in [3.8, 4) is 33.9 Å². The van der Waals surface area contributed by atoms with Crippen LogP contribution in [0.5, 0.6) is 11.5 Å². The maximum absolute atomic E-state index is 14.0. The number of rotatable bonds is 7. The van der Waals surface area contributed by atoms with Crippen molar-refractivity contribution < 1.29 is 28.6 Å². The number of carboxylic acids is 1. The molecule has 3 aliphatic heterocycles. The summed E-state index contributed by atoms with van der Waals surface area (Å²) in [5.41, 5.74) is 6.63. The maximum Gasteiger partial charge on any atom is 0.336 e. The van der Waals surface area contributed by atoms with Crippen LogP contribution in [0.4, 0.5) is 11.4 Å². The number of carbonyl (C=O) groups excluding carboxylic acids is 1. The third-order valence-corrected chi connectivity index (χ3v) is 12.6. The van der Waals surface area contributed by atoms with E-state index in [1.165, 1.54) is 6.07 Å². The summed E-state index contributed by atoms with van der Waals surface area (Å²) in [7, 11) is 11.6. The largest absolute Gasteiger partial charge is 0.497 e. The minimum Gasteiger partial charge on any atom is -0.497 e. The monoisotopic (exact) mass is 802 g/mol. The number of carbonyl (C=O) groups is 2. The van der Waals surface area contributed by atoms with Crippen molar-refractivity contribution in [1.82, 2.24) is 14.8 Å². The van der Waals surface area contributed by atoms with Gasteiger partial charge >= 0.3 is 5.97 Å². The number of likely N-dealkylation sites (N-methyl/N-ethyl adjacent to an activating group) is 1. The van der Waals surface area contributed by atoms with E-state index in [-0.39, 0.29) is 23.6 Å². The molecule has 11 heteroatoms. The lowest BCUT2D eigenvalue weighted by Gasteiger charge is -2.45. The normalized spacial score (nSPS) is 17.1. The summed E-state index contributed by atoms with van der Waals surface area (Å²) < 4.78 is 21.0. The SMILES string of the molecule is COc1ccc2ccc3c(c2c1)N=CC1(O3)N(C)c2cccc(CNC(=O)c3ccc(-c4c5ccc(=[N+](C)C)cc-5oc5c4CCC(N(C)C)=C5)c(C(=O)O)c3)c2C1(C)C. The van der Waals surface area contributed by atoms with Gasteiger partial charge in [0.05, 0.1) is 30.4 Å². The quantitative estimate of drug-likeness (QED) is 0.156. The van der Waals surface area contributed by atoms with E-state index < -0.39 is 17.1 Å². The van der Waals surface area contributed by atoms with Crippen LogP contribution in [0.1, 0.15) is 63.4 Å². The second-order valence-corrected chi connectivity index (χ2v) is 16.7. The molecule has 9 rings (SSSR count). The molecule has 11 nitrogen and oxygen atoms in total. The molecule has 60 heavy (non-hydrogen) atoms. The van der Waals surface area contributed by atoms with E-state index in [0.29, 0.717) is 29.3 Å². The number of allylic oxidation sites excluding steroid dienone is 1. The second kappa shape index (κ2) is 14.1. The number of benzene rings is 5. The maximum atomic E-state index is 14.0. The van der Waals surface area contributed by atoms with Gasteiger partial charge in [0.15, 0.2) is 0 Å². The smallest absolute Gasteiger partial charge is 0.336 e. The Morgan fingerprint density at radius 1 is 0.983 bits per heavy atom. The lowest BCUT2D eigenvalue weighted by molar-refractivity contribution is 0.0697.